The molecular formula is C13H8F2N4O2. The van der Waals surface area contributed by atoms with E-state index in [-0.39, 0.29) is 28.2 Å². The third kappa shape index (κ3) is 2.16. The van der Waals surface area contributed by atoms with E-state index in [2.05, 4.69) is 9.97 Å². The number of hydrogen-bond acceptors (Lipinski definition) is 4. The number of nitrogens with two attached hydrogens (primary N) is 1. The molecule has 1 heterocycles. The molecule has 6 nitrogen and oxygen atoms in total. The smallest absolute Gasteiger partial charge is 0.270 e. The van der Waals surface area contributed by atoms with Gasteiger partial charge >= 0.3 is 0 Å². The van der Waals surface area contributed by atoms with Gasteiger partial charge in [-0.25, -0.2) is 13.8 Å². The first-order chi connectivity index (χ1) is 9.95. The van der Waals surface area contributed by atoms with Gasteiger partial charge in [0, 0.05) is 35.5 Å². The maximum atomic E-state index is 13.2. The lowest BCUT2D eigenvalue weighted by atomic mass is 10.1. The SMILES string of the molecule is Nc1ccc([N+](=O)[O-])cc1-c1nc2cc(F)c(F)cc2[nH]1. The van der Waals surface area contributed by atoms with Crippen molar-refractivity contribution >= 4 is 22.4 Å². The molecule has 2 aromatic carbocycles. The van der Waals surface area contributed by atoms with E-state index in [4.69, 9.17) is 5.73 Å². The summed E-state index contributed by atoms with van der Waals surface area (Å²) in [6.07, 6.45) is 0. The van der Waals surface area contributed by atoms with Crippen LogP contribution in [0.4, 0.5) is 20.2 Å². The molecule has 0 amide bonds. The number of anilines is 1. The van der Waals surface area contributed by atoms with Gasteiger partial charge in [0.1, 0.15) is 5.82 Å². The van der Waals surface area contributed by atoms with E-state index in [1.807, 2.05) is 0 Å². The van der Waals surface area contributed by atoms with Crippen LogP contribution < -0.4 is 5.73 Å². The Morgan fingerprint density at radius 3 is 2.62 bits per heavy atom. The van der Waals surface area contributed by atoms with E-state index < -0.39 is 16.6 Å². The first-order valence-electron chi connectivity index (χ1n) is 5.85. The Morgan fingerprint density at radius 1 is 1.19 bits per heavy atom. The zero-order valence-corrected chi connectivity index (χ0v) is 10.4. The highest BCUT2D eigenvalue weighted by molar-refractivity contribution is 5.83. The van der Waals surface area contributed by atoms with E-state index in [0.29, 0.717) is 5.56 Å². The van der Waals surface area contributed by atoms with Gasteiger partial charge in [0.15, 0.2) is 11.6 Å². The highest BCUT2D eigenvalue weighted by Crippen LogP contribution is 2.29. The molecule has 0 aliphatic carbocycles. The molecule has 0 aliphatic heterocycles. The number of aromatic nitrogens is 2. The number of nitrogens with one attached hydrogen (secondary N) is 1. The van der Waals surface area contributed by atoms with Gasteiger partial charge in [-0.3, -0.25) is 10.1 Å². The van der Waals surface area contributed by atoms with Crippen molar-refractivity contribution < 1.29 is 13.7 Å². The van der Waals surface area contributed by atoms with Crippen LogP contribution in [0.1, 0.15) is 0 Å². The number of H-pyrrole nitrogens is 1. The number of hydrogen-bond donors (Lipinski definition) is 2. The van der Waals surface area contributed by atoms with Gasteiger partial charge in [-0.05, 0) is 6.07 Å². The molecule has 0 radical (unpaired) electrons. The minimum absolute atomic E-state index is 0.156. The summed E-state index contributed by atoms with van der Waals surface area (Å²) in [5.74, 6) is -1.83. The van der Waals surface area contributed by atoms with Gasteiger partial charge in [0.05, 0.1) is 16.0 Å². The summed E-state index contributed by atoms with van der Waals surface area (Å²) in [7, 11) is 0. The predicted octanol–water partition coefficient (Wildman–Crippen LogP) is 3.00. The lowest BCUT2D eigenvalue weighted by Gasteiger charge is -2.01. The molecule has 21 heavy (non-hydrogen) atoms. The maximum absolute atomic E-state index is 13.2. The molecule has 0 saturated carbocycles. The Morgan fingerprint density at radius 2 is 1.90 bits per heavy atom. The summed E-state index contributed by atoms with van der Waals surface area (Å²) in [4.78, 5) is 17.1. The predicted molar refractivity (Wildman–Crippen MR) is 72.5 cm³/mol. The molecule has 0 unspecified atom stereocenters. The van der Waals surface area contributed by atoms with E-state index in [0.717, 1.165) is 12.1 Å². The average Bonchev–Trinajstić information content (AvgIpc) is 2.82. The number of nitrogens with zero attached hydrogens (tertiary/aromatic N) is 2. The molecule has 0 saturated heterocycles. The Balaban J connectivity index is 2.20. The van der Waals surface area contributed by atoms with Gasteiger partial charge < -0.3 is 10.7 Å². The third-order valence-corrected chi connectivity index (χ3v) is 3.03. The van der Waals surface area contributed by atoms with Crippen molar-refractivity contribution in [2.45, 2.75) is 0 Å². The summed E-state index contributed by atoms with van der Waals surface area (Å²) >= 11 is 0. The topological polar surface area (TPSA) is 97.8 Å². The summed E-state index contributed by atoms with van der Waals surface area (Å²) in [5, 5.41) is 10.8. The van der Waals surface area contributed by atoms with Crippen molar-refractivity contribution in [1.82, 2.24) is 9.97 Å². The number of rotatable bonds is 2. The van der Waals surface area contributed by atoms with Crippen LogP contribution in [0.5, 0.6) is 0 Å². The van der Waals surface area contributed by atoms with Crippen LogP contribution in [0.2, 0.25) is 0 Å². The van der Waals surface area contributed by atoms with Crippen molar-refractivity contribution in [3.05, 3.63) is 52.1 Å². The van der Waals surface area contributed by atoms with Crippen LogP contribution in [-0.2, 0) is 0 Å². The number of benzene rings is 2. The lowest BCUT2D eigenvalue weighted by Crippen LogP contribution is -1.94. The summed E-state index contributed by atoms with van der Waals surface area (Å²) in [5.41, 5.74) is 6.65. The molecule has 106 valence electrons. The third-order valence-electron chi connectivity index (χ3n) is 3.03. The Bertz CT molecular complexity index is 837. The van der Waals surface area contributed by atoms with Crippen molar-refractivity contribution in [3.8, 4) is 11.4 Å². The van der Waals surface area contributed by atoms with Crippen LogP contribution in [0.15, 0.2) is 30.3 Å². The van der Waals surface area contributed by atoms with Crippen LogP contribution in [0.25, 0.3) is 22.4 Å². The maximum Gasteiger partial charge on any atom is 0.270 e. The van der Waals surface area contributed by atoms with E-state index in [1.54, 1.807) is 0 Å². The zero-order valence-electron chi connectivity index (χ0n) is 10.4. The quantitative estimate of drug-likeness (QED) is 0.430. The number of non-ortho nitro benzene ring substituents is 1. The van der Waals surface area contributed by atoms with E-state index in [1.165, 1.54) is 18.2 Å². The van der Waals surface area contributed by atoms with E-state index in [9.17, 15) is 18.9 Å². The largest absolute Gasteiger partial charge is 0.398 e. The second kappa shape index (κ2) is 4.51. The molecule has 1 aromatic heterocycles. The second-order valence-electron chi connectivity index (χ2n) is 4.40. The lowest BCUT2D eigenvalue weighted by molar-refractivity contribution is -0.384. The molecule has 0 fully saturated rings. The standard InChI is InChI=1S/C13H8F2N4O2/c14-8-4-11-12(5-9(8)15)18-13(17-11)7-3-6(19(20)21)1-2-10(7)16/h1-5H,16H2,(H,17,18). The van der Waals surface area contributed by atoms with Crippen LogP contribution in [0.3, 0.4) is 0 Å². The molecule has 0 aliphatic rings. The molecule has 8 heteroatoms. The van der Waals surface area contributed by atoms with Crippen molar-refractivity contribution in [1.29, 1.82) is 0 Å². The summed E-state index contributed by atoms with van der Waals surface area (Å²) in [6, 6.07) is 5.80. The Labute approximate surface area is 116 Å². The van der Waals surface area contributed by atoms with Gasteiger partial charge in [0.2, 0.25) is 0 Å². The van der Waals surface area contributed by atoms with Crippen LogP contribution in [-0.4, -0.2) is 14.9 Å². The Kier molecular flexibility index (Phi) is 2.79. The number of fused-ring (bicyclic) bond motifs is 1. The number of aromatic amines is 1. The van der Waals surface area contributed by atoms with Gasteiger partial charge in [-0.15, -0.1) is 0 Å². The number of nitro benzene ring substituents is 1. The van der Waals surface area contributed by atoms with E-state index >= 15 is 0 Å². The number of nitrogen functional groups attached to an aromatic ring is 1. The van der Waals surface area contributed by atoms with Crippen molar-refractivity contribution in [2.75, 3.05) is 5.73 Å². The average molecular weight is 290 g/mol. The Hall–Kier alpha value is -3.03. The highest BCUT2D eigenvalue weighted by Gasteiger charge is 2.15. The molecule has 0 atom stereocenters. The first-order valence-corrected chi connectivity index (χ1v) is 5.85. The molecule has 3 aromatic rings. The number of imidazole rings is 1. The second-order valence-corrected chi connectivity index (χ2v) is 4.40. The molecule has 3 N–H and O–H groups in total. The summed E-state index contributed by atoms with van der Waals surface area (Å²) in [6.45, 7) is 0. The van der Waals surface area contributed by atoms with Crippen molar-refractivity contribution in [2.24, 2.45) is 0 Å². The summed E-state index contributed by atoms with van der Waals surface area (Å²) < 4.78 is 26.3. The normalized spacial score (nSPS) is 11.0. The zero-order chi connectivity index (χ0) is 15.1. The fourth-order valence-corrected chi connectivity index (χ4v) is 2.00. The minimum atomic E-state index is -1.02. The first kappa shape index (κ1) is 13.0. The van der Waals surface area contributed by atoms with Crippen LogP contribution >= 0.6 is 0 Å². The molecule has 0 bridgehead atoms. The fraction of sp³-hybridized carbons (Fsp3) is 0. The van der Waals surface area contributed by atoms with Gasteiger partial charge in [-0.1, -0.05) is 0 Å². The van der Waals surface area contributed by atoms with Crippen LogP contribution in [0, 0.1) is 21.7 Å². The molecule has 0 spiro atoms. The minimum Gasteiger partial charge on any atom is -0.398 e. The van der Waals surface area contributed by atoms with Gasteiger partial charge in [-0.2, -0.15) is 0 Å². The highest BCUT2D eigenvalue weighted by atomic mass is 19.2. The fourth-order valence-electron chi connectivity index (χ4n) is 2.00. The molecular weight excluding hydrogens is 282 g/mol. The number of nitro groups is 1. The van der Waals surface area contributed by atoms with Gasteiger partial charge in [0.25, 0.3) is 5.69 Å². The number of halogens is 2. The molecule has 3 rings (SSSR count). The monoisotopic (exact) mass is 290 g/mol. The van der Waals surface area contributed by atoms with Crippen molar-refractivity contribution in [3.63, 3.8) is 0 Å².